The third-order valence-electron chi connectivity index (χ3n) is 4.52. The van der Waals surface area contributed by atoms with Gasteiger partial charge >= 0.3 is 0 Å². The Morgan fingerprint density at radius 1 is 1.27 bits per heavy atom. The summed E-state index contributed by atoms with van der Waals surface area (Å²) in [5.74, 6) is 1.90. The second-order valence-electron chi connectivity index (χ2n) is 5.67. The Morgan fingerprint density at radius 3 is 2.77 bits per heavy atom. The number of nitrogens with zero attached hydrogens (tertiary/aromatic N) is 3. The zero-order valence-corrected chi connectivity index (χ0v) is 14.1. The highest BCUT2D eigenvalue weighted by molar-refractivity contribution is 6.28. The summed E-state index contributed by atoms with van der Waals surface area (Å²) >= 11 is 6.07. The van der Waals surface area contributed by atoms with Gasteiger partial charge in [-0.25, -0.2) is 9.97 Å². The summed E-state index contributed by atoms with van der Waals surface area (Å²) in [5.41, 5.74) is 4.60. The number of rotatable bonds is 2. The predicted octanol–water partition coefficient (Wildman–Crippen LogP) is 3.88. The Hall–Kier alpha value is -1.81. The predicted molar refractivity (Wildman–Crippen MR) is 89.0 cm³/mol. The Labute approximate surface area is 136 Å². The largest absolute Gasteiger partial charge is 0.496 e. The van der Waals surface area contributed by atoms with Gasteiger partial charge in [0.25, 0.3) is 0 Å². The molecule has 5 heteroatoms. The van der Waals surface area contributed by atoms with Crippen LogP contribution in [0.2, 0.25) is 5.28 Å². The maximum absolute atomic E-state index is 6.07. The number of methoxy groups -OCH3 is 1. The number of aromatic nitrogens is 2. The van der Waals surface area contributed by atoms with Crippen molar-refractivity contribution in [2.45, 2.75) is 33.2 Å². The molecule has 116 valence electrons. The van der Waals surface area contributed by atoms with Crippen LogP contribution < -0.4 is 9.64 Å². The lowest BCUT2D eigenvalue weighted by atomic mass is 9.92. The fourth-order valence-electron chi connectivity index (χ4n) is 3.18. The number of anilines is 1. The number of ether oxygens (including phenoxy) is 1. The molecule has 22 heavy (non-hydrogen) atoms. The molecule has 1 aliphatic rings. The van der Waals surface area contributed by atoms with E-state index in [1.165, 1.54) is 11.1 Å². The lowest BCUT2D eigenvalue weighted by Crippen LogP contribution is -2.35. The van der Waals surface area contributed by atoms with Crippen molar-refractivity contribution >= 4 is 17.4 Å². The van der Waals surface area contributed by atoms with Gasteiger partial charge in [0.1, 0.15) is 11.6 Å². The topological polar surface area (TPSA) is 38.2 Å². The summed E-state index contributed by atoms with van der Waals surface area (Å²) in [6, 6.07) is 6.46. The van der Waals surface area contributed by atoms with Crippen molar-refractivity contribution < 1.29 is 4.74 Å². The molecule has 0 radical (unpaired) electrons. The van der Waals surface area contributed by atoms with Gasteiger partial charge in [-0.1, -0.05) is 12.1 Å². The molecule has 0 saturated carbocycles. The fraction of sp³-hybridized carbons (Fsp3) is 0.412. The zero-order valence-electron chi connectivity index (χ0n) is 13.4. The van der Waals surface area contributed by atoms with E-state index in [-0.39, 0.29) is 6.04 Å². The van der Waals surface area contributed by atoms with E-state index in [2.05, 4.69) is 34.8 Å². The molecular weight excluding hydrogens is 298 g/mol. The monoisotopic (exact) mass is 317 g/mol. The van der Waals surface area contributed by atoms with E-state index < -0.39 is 0 Å². The lowest BCUT2D eigenvalue weighted by Gasteiger charge is -2.37. The molecule has 1 atom stereocenters. The minimum atomic E-state index is 0.225. The summed E-state index contributed by atoms with van der Waals surface area (Å²) in [6.45, 7) is 7.11. The highest BCUT2D eigenvalue weighted by atomic mass is 35.5. The number of benzene rings is 1. The third kappa shape index (κ3) is 2.41. The van der Waals surface area contributed by atoms with Crippen LogP contribution in [0.4, 0.5) is 5.82 Å². The number of hydrogen-bond acceptors (Lipinski definition) is 4. The van der Waals surface area contributed by atoms with Gasteiger partial charge in [-0.15, -0.1) is 0 Å². The molecule has 1 aromatic carbocycles. The van der Waals surface area contributed by atoms with Crippen molar-refractivity contribution in [3.8, 4) is 5.75 Å². The maximum Gasteiger partial charge on any atom is 0.224 e. The van der Waals surface area contributed by atoms with E-state index in [9.17, 15) is 0 Å². The van der Waals surface area contributed by atoms with Crippen molar-refractivity contribution in [2.75, 3.05) is 18.6 Å². The van der Waals surface area contributed by atoms with Crippen LogP contribution in [-0.4, -0.2) is 23.6 Å². The first kappa shape index (κ1) is 15.1. The normalized spacial score (nSPS) is 17.3. The SMILES string of the molecule is COc1cccc2c1CCN(c1nc(Cl)nc(C)c1C)C2C. The molecule has 0 spiro atoms. The van der Waals surface area contributed by atoms with Gasteiger partial charge < -0.3 is 9.64 Å². The number of aryl methyl sites for hydroxylation is 1. The maximum atomic E-state index is 6.07. The van der Waals surface area contributed by atoms with Crippen LogP contribution >= 0.6 is 11.6 Å². The van der Waals surface area contributed by atoms with E-state index in [0.29, 0.717) is 5.28 Å². The van der Waals surface area contributed by atoms with Gasteiger partial charge in [-0.3, -0.25) is 0 Å². The molecule has 0 aliphatic carbocycles. The summed E-state index contributed by atoms with van der Waals surface area (Å²) in [4.78, 5) is 11.0. The quantitative estimate of drug-likeness (QED) is 0.788. The molecule has 1 aromatic heterocycles. The number of hydrogen-bond donors (Lipinski definition) is 0. The van der Waals surface area contributed by atoms with Gasteiger partial charge in [0, 0.05) is 23.4 Å². The van der Waals surface area contributed by atoms with Crippen LogP contribution in [0.5, 0.6) is 5.75 Å². The zero-order chi connectivity index (χ0) is 15.9. The summed E-state index contributed by atoms with van der Waals surface area (Å²) < 4.78 is 5.50. The Morgan fingerprint density at radius 2 is 2.05 bits per heavy atom. The fourth-order valence-corrected chi connectivity index (χ4v) is 3.38. The van der Waals surface area contributed by atoms with Crippen LogP contribution in [0.15, 0.2) is 18.2 Å². The van der Waals surface area contributed by atoms with Crippen LogP contribution in [0, 0.1) is 13.8 Å². The first-order valence-electron chi connectivity index (χ1n) is 7.46. The van der Waals surface area contributed by atoms with E-state index in [1.807, 2.05) is 19.1 Å². The highest BCUT2D eigenvalue weighted by Crippen LogP contribution is 2.38. The van der Waals surface area contributed by atoms with Crippen LogP contribution in [0.25, 0.3) is 0 Å². The van der Waals surface area contributed by atoms with Crippen molar-refractivity contribution in [1.82, 2.24) is 9.97 Å². The van der Waals surface area contributed by atoms with Crippen molar-refractivity contribution in [3.05, 3.63) is 45.9 Å². The standard InChI is InChI=1S/C17H20ClN3O/c1-10-11(2)19-17(18)20-16(10)21-9-8-14-13(12(21)3)6-5-7-15(14)22-4/h5-7,12H,8-9H2,1-4H3. The summed E-state index contributed by atoms with van der Waals surface area (Å²) in [5, 5.41) is 0.307. The van der Waals surface area contributed by atoms with Crippen molar-refractivity contribution in [1.29, 1.82) is 0 Å². The van der Waals surface area contributed by atoms with Crippen molar-refractivity contribution in [3.63, 3.8) is 0 Å². The van der Waals surface area contributed by atoms with Crippen molar-refractivity contribution in [2.24, 2.45) is 0 Å². The molecule has 0 amide bonds. The van der Waals surface area contributed by atoms with Gasteiger partial charge in [-0.05, 0) is 50.4 Å². The average molecular weight is 318 g/mol. The van der Waals surface area contributed by atoms with Gasteiger partial charge in [0.05, 0.1) is 13.2 Å². The second kappa shape index (κ2) is 5.76. The minimum Gasteiger partial charge on any atom is -0.496 e. The molecule has 0 saturated heterocycles. The van der Waals surface area contributed by atoms with Gasteiger partial charge in [-0.2, -0.15) is 0 Å². The molecule has 4 nitrogen and oxygen atoms in total. The molecule has 0 N–H and O–H groups in total. The first-order chi connectivity index (χ1) is 10.5. The molecule has 0 fully saturated rings. The molecule has 2 aromatic rings. The van der Waals surface area contributed by atoms with Gasteiger partial charge in [0.2, 0.25) is 5.28 Å². The smallest absolute Gasteiger partial charge is 0.224 e. The Balaban J connectivity index is 2.05. The second-order valence-corrected chi connectivity index (χ2v) is 6.01. The van der Waals surface area contributed by atoms with Crippen LogP contribution in [0.3, 0.4) is 0 Å². The first-order valence-corrected chi connectivity index (χ1v) is 7.84. The average Bonchev–Trinajstić information content (AvgIpc) is 2.51. The Kier molecular flexibility index (Phi) is 3.96. The summed E-state index contributed by atoms with van der Waals surface area (Å²) in [7, 11) is 1.73. The van der Waals surface area contributed by atoms with E-state index in [0.717, 1.165) is 35.8 Å². The van der Waals surface area contributed by atoms with Gasteiger partial charge in [0.15, 0.2) is 0 Å². The van der Waals surface area contributed by atoms with E-state index >= 15 is 0 Å². The Bertz CT molecular complexity index is 717. The number of halogens is 1. The van der Waals surface area contributed by atoms with E-state index in [4.69, 9.17) is 16.3 Å². The number of fused-ring (bicyclic) bond motifs is 1. The minimum absolute atomic E-state index is 0.225. The molecule has 3 rings (SSSR count). The molecular formula is C17H20ClN3O. The van der Waals surface area contributed by atoms with Crippen LogP contribution in [-0.2, 0) is 6.42 Å². The summed E-state index contributed by atoms with van der Waals surface area (Å²) in [6.07, 6.45) is 0.934. The van der Waals surface area contributed by atoms with Crippen LogP contribution in [0.1, 0.15) is 35.3 Å². The molecule has 2 heterocycles. The molecule has 0 bridgehead atoms. The highest BCUT2D eigenvalue weighted by Gasteiger charge is 2.28. The molecule has 1 unspecified atom stereocenters. The molecule has 1 aliphatic heterocycles. The third-order valence-corrected chi connectivity index (χ3v) is 4.69. The van der Waals surface area contributed by atoms with E-state index in [1.54, 1.807) is 7.11 Å². The lowest BCUT2D eigenvalue weighted by molar-refractivity contribution is 0.405.